The highest BCUT2D eigenvalue weighted by Gasteiger charge is 2.30. The molecule has 0 spiro atoms. The Bertz CT molecular complexity index is 484. The monoisotopic (exact) mass is 460 g/mol. The van der Waals surface area contributed by atoms with E-state index in [0.717, 1.165) is 25.9 Å². The normalized spacial score (nSPS) is 18.7. The second kappa shape index (κ2) is 9.41. The molecule has 0 aliphatic carbocycles. The summed E-state index contributed by atoms with van der Waals surface area (Å²) in [5.41, 5.74) is 0. The average Bonchev–Trinajstić information content (AvgIpc) is 2.42. The van der Waals surface area contributed by atoms with Crippen molar-refractivity contribution in [3.8, 4) is 0 Å². The third kappa shape index (κ3) is 7.13. The highest BCUT2D eigenvalue weighted by atomic mass is 127. The maximum atomic E-state index is 11.7. The molecule has 2 N–H and O–H groups in total. The van der Waals surface area contributed by atoms with E-state index in [0.29, 0.717) is 24.6 Å². The summed E-state index contributed by atoms with van der Waals surface area (Å²) in [6, 6.07) is 0.983. The quantitative estimate of drug-likeness (QED) is 0.369. The number of guanidine groups is 1. The third-order valence-corrected chi connectivity index (χ3v) is 6.66. The molecule has 0 amide bonds. The van der Waals surface area contributed by atoms with Crippen LogP contribution in [0.25, 0.3) is 0 Å². The zero-order valence-electron chi connectivity index (χ0n) is 15.2. The van der Waals surface area contributed by atoms with E-state index in [1.165, 1.54) is 6.26 Å². The minimum atomic E-state index is -3.11. The lowest BCUT2D eigenvalue weighted by molar-refractivity contribution is 0.167. The average molecular weight is 460 g/mol. The molecule has 1 aliphatic heterocycles. The standard InChI is InChI=1S/C15H32N4O2S.HI/c1-12(2)19-9-7-13(8-10-19)18-14(16-5)17-11-15(3,4)22(6,20)21;/h12-13H,7-11H2,1-6H3,(H2,16,17,18);1H. The van der Waals surface area contributed by atoms with Crippen LogP contribution in [0.1, 0.15) is 40.5 Å². The lowest BCUT2D eigenvalue weighted by atomic mass is 10.0. The molecule has 1 saturated heterocycles. The minimum absolute atomic E-state index is 0. The SMILES string of the molecule is CN=C(NCC(C)(C)S(C)(=O)=O)NC1CCN(C(C)C)CC1.I. The first kappa shape index (κ1) is 22.9. The molecule has 0 aromatic carbocycles. The largest absolute Gasteiger partial charge is 0.355 e. The van der Waals surface area contributed by atoms with Crippen molar-refractivity contribution < 1.29 is 8.42 Å². The van der Waals surface area contributed by atoms with Crippen LogP contribution in [0.3, 0.4) is 0 Å². The van der Waals surface area contributed by atoms with Gasteiger partial charge in [0.1, 0.15) is 0 Å². The van der Waals surface area contributed by atoms with Crippen LogP contribution < -0.4 is 10.6 Å². The topological polar surface area (TPSA) is 73.8 Å². The van der Waals surface area contributed by atoms with E-state index in [-0.39, 0.29) is 24.0 Å². The lowest BCUT2D eigenvalue weighted by Gasteiger charge is -2.35. The highest BCUT2D eigenvalue weighted by molar-refractivity contribution is 14.0. The van der Waals surface area contributed by atoms with Gasteiger partial charge in [-0.3, -0.25) is 4.99 Å². The van der Waals surface area contributed by atoms with Gasteiger partial charge in [-0.25, -0.2) is 8.42 Å². The Kier molecular flexibility index (Phi) is 9.37. The van der Waals surface area contributed by atoms with Crippen molar-refractivity contribution in [2.75, 3.05) is 32.9 Å². The summed E-state index contributed by atoms with van der Waals surface area (Å²) in [7, 11) is -1.39. The van der Waals surface area contributed by atoms with E-state index in [2.05, 4.69) is 34.4 Å². The van der Waals surface area contributed by atoms with E-state index in [1.54, 1.807) is 20.9 Å². The first-order chi connectivity index (χ1) is 10.1. The van der Waals surface area contributed by atoms with Crippen LogP contribution in [0, 0.1) is 0 Å². The molecule has 1 aliphatic rings. The Morgan fingerprint density at radius 3 is 2.22 bits per heavy atom. The number of piperidine rings is 1. The van der Waals surface area contributed by atoms with Gasteiger partial charge < -0.3 is 15.5 Å². The molecule has 0 aromatic rings. The third-order valence-electron chi connectivity index (χ3n) is 4.51. The number of sulfone groups is 1. The number of aliphatic imine (C=N–C) groups is 1. The van der Waals surface area contributed by atoms with Crippen molar-refractivity contribution in [1.82, 2.24) is 15.5 Å². The number of hydrogen-bond acceptors (Lipinski definition) is 4. The molecule has 23 heavy (non-hydrogen) atoms. The number of rotatable bonds is 5. The molecule has 8 heteroatoms. The molecule has 1 heterocycles. The number of halogens is 1. The first-order valence-electron chi connectivity index (χ1n) is 7.97. The summed E-state index contributed by atoms with van der Waals surface area (Å²) in [5, 5.41) is 6.55. The minimum Gasteiger partial charge on any atom is -0.355 e. The Balaban J connectivity index is 0.00000484. The summed E-state index contributed by atoms with van der Waals surface area (Å²) in [6.45, 7) is 10.4. The van der Waals surface area contributed by atoms with Crippen LogP contribution in [0.2, 0.25) is 0 Å². The Morgan fingerprint density at radius 2 is 1.83 bits per heavy atom. The highest BCUT2D eigenvalue weighted by Crippen LogP contribution is 2.14. The molecule has 138 valence electrons. The van der Waals surface area contributed by atoms with Crippen molar-refractivity contribution in [3.63, 3.8) is 0 Å². The molecular weight excluding hydrogens is 427 g/mol. The Labute approximate surface area is 158 Å². The zero-order valence-corrected chi connectivity index (χ0v) is 18.4. The van der Waals surface area contributed by atoms with Gasteiger partial charge in [-0.2, -0.15) is 0 Å². The first-order valence-corrected chi connectivity index (χ1v) is 9.87. The Hall–Kier alpha value is -0.0900. The van der Waals surface area contributed by atoms with Gasteiger partial charge >= 0.3 is 0 Å². The molecule has 6 nitrogen and oxygen atoms in total. The van der Waals surface area contributed by atoms with E-state index < -0.39 is 14.6 Å². The van der Waals surface area contributed by atoms with Gasteiger partial charge in [-0.15, -0.1) is 24.0 Å². The molecular formula is C15H33IN4O2S. The van der Waals surface area contributed by atoms with Gasteiger partial charge in [0.2, 0.25) is 0 Å². The second-order valence-corrected chi connectivity index (χ2v) is 9.66. The van der Waals surface area contributed by atoms with Gasteiger partial charge in [0, 0.05) is 45.0 Å². The van der Waals surface area contributed by atoms with Crippen molar-refractivity contribution in [3.05, 3.63) is 0 Å². The van der Waals surface area contributed by atoms with Gasteiger partial charge in [0.25, 0.3) is 0 Å². The number of nitrogens with one attached hydrogen (secondary N) is 2. The fraction of sp³-hybridized carbons (Fsp3) is 0.933. The maximum Gasteiger partial charge on any atom is 0.191 e. The fourth-order valence-electron chi connectivity index (χ4n) is 2.38. The fourth-order valence-corrected chi connectivity index (χ4v) is 2.71. The molecule has 0 bridgehead atoms. The molecule has 0 atom stereocenters. The van der Waals surface area contributed by atoms with E-state index in [4.69, 9.17) is 0 Å². The summed E-state index contributed by atoms with van der Waals surface area (Å²) in [5.74, 6) is 0.680. The van der Waals surface area contributed by atoms with E-state index >= 15 is 0 Å². The summed E-state index contributed by atoms with van der Waals surface area (Å²) >= 11 is 0. The van der Waals surface area contributed by atoms with Crippen LogP contribution in [0.5, 0.6) is 0 Å². The Morgan fingerprint density at radius 1 is 1.30 bits per heavy atom. The van der Waals surface area contributed by atoms with Crippen molar-refractivity contribution >= 4 is 39.8 Å². The second-order valence-electron chi connectivity index (χ2n) is 7.01. The molecule has 0 saturated carbocycles. The lowest BCUT2D eigenvalue weighted by Crippen LogP contribution is -2.52. The van der Waals surface area contributed by atoms with E-state index in [9.17, 15) is 8.42 Å². The van der Waals surface area contributed by atoms with Crippen LogP contribution in [-0.4, -0.2) is 69.0 Å². The predicted octanol–water partition coefficient (Wildman–Crippen LogP) is 1.47. The molecule has 0 aromatic heterocycles. The van der Waals surface area contributed by atoms with Crippen molar-refractivity contribution in [2.45, 2.75) is 57.4 Å². The van der Waals surface area contributed by atoms with Crippen LogP contribution in [0.15, 0.2) is 4.99 Å². The van der Waals surface area contributed by atoms with E-state index in [1.807, 2.05) is 0 Å². The summed E-state index contributed by atoms with van der Waals surface area (Å²) in [6.07, 6.45) is 3.43. The predicted molar refractivity (Wildman–Crippen MR) is 109 cm³/mol. The number of likely N-dealkylation sites (tertiary alicyclic amines) is 1. The molecule has 0 unspecified atom stereocenters. The number of nitrogens with zero attached hydrogens (tertiary/aromatic N) is 2. The van der Waals surface area contributed by atoms with Gasteiger partial charge in [0.15, 0.2) is 15.8 Å². The van der Waals surface area contributed by atoms with Crippen LogP contribution in [0.4, 0.5) is 0 Å². The van der Waals surface area contributed by atoms with Gasteiger partial charge in [0.05, 0.1) is 4.75 Å². The molecule has 1 fully saturated rings. The number of hydrogen-bond donors (Lipinski definition) is 2. The maximum absolute atomic E-state index is 11.7. The summed E-state index contributed by atoms with van der Waals surface area (Å²) in [4.78, 5) is 6.68. The molecule has 1 rings (SSSR count). The van der Waals surface area contributed by atoms with Crippen LogP contribution in [-0.2, 0) is 9.84 Å². The van der Waals surface area contributed by atoms with Crippen molar-refractivity contribution in [2.24, 2.45) is 4.99 Å². The molecule has 0 radical (unpaired) electrons. The van der Waals surface area contributed by atoms with Crippen LogP contribution >= 0.6 is 24.0 Å². The van der Waals surface area contributed by atoms with Gasteiger partial charge in [-0.05, 0) is 40.5 Å². The van der Waals surface area contributed by atoms with Crippen molar-refractivity contribution in [1.29, 1.82) is 0 Å². The zero-order chi connectivity index (χ0) is 17.0. The van der Waals surface area contributed by atoms with Gasteiger partial charge in [-0.1, -0.05) is 0 Å². The summed E-state index contributed by atoms with van der Waals surface area (Å²) < 4.78 is 22.7. The smallest absolute Gasteiger partial charge is 0.191 e.